The van der Waals surface area contributed by atoms with Crippen LogP contribution in [0.3, 0.4) is 0 Å². The van der Waals surface area contributed by atoms with Crippen molar-refractivity contribution in [3.63, 3.8) is 0 Å². The predicted octanol–water partition coefficient (Wildman–Crippen LogP) is 3.03. The number of phenols is 1. The molecule has 1 unspecified atom stereocenters. The Labute approximate surface area is 120 Å². The van der Waals surface area contributed by atoms with E-state index in [1.54, 1.807) is 19.9 Å². The molecule has 1 aliphatic rings. The molecule has 0 amide bonds. The molecule has 1 heterocycles. The third-order valence-corrected chi connectivity index (χ3v) is 4.12. The van der Waals surface area contributed by atoms with Crippen molar-refractivity contribution in [2.45, 2.75) is 52.6 Å². The molecule has 0 spiro atoms. The molecule has 1 atom stereocenters. The summed E-state index contributed by atoms with van der Waals surface area (Å²) in [6.07, 6.45) is 1.27. The fourth-order valence-electron chi connectivity index (χ4n) is 3.09. The van der Waals surface area contributed by atoms with Gasteiger partial charge in [-0.15, -0.1) is 0 Å². The van der Waals surface area contributed by atoms with E-state index in [-0.39, 0.29) is 12.1 Å². The molecule has 0 saturated heterocycles. The van der Waals surface area contributed by atoms with Gasteiger partial charge in [-0.05, 0) is 52.7 Å². The van der Waals surface area contributed by atoms with Crippen LogP contribution in [-0.4, -0.2) is 28.3 Å². The molecule has 1 aromatic carbocycles. The highest BCUT2D eigenvalue weighted by Gasteiger charge is 2.39. The lowest BCUT2D eigenvalue weighted by Crippen LogP contribution is -2.42. The molecule has 4 heteroatoms. The molecule has 1 aliphatic heterocycles. The average molecular weight is 277 g/mol. The van der Waals surface area contributed by atoms with Gasteiger partial charge in [0.15, 0.2) is 0 Å². The molecule has 4 nitrogen and oxygen atoms in total. The van der Waals surface area contributed by atoms with E-state index < -0.39 is 11.4 Å². The van der Waals surface area contributed by atoms with E-state index in [1.165, 1.54) is 0 Å². The second-order valence-electron chi connectivity index (χ2n) is 6.53. The lowest BCUT2D eigenvalue weighted by Gasteiger charge is -2.35. The quantitative estimate of drug-likeness (QED) is 0.888. The van der Waals surface area contributed by atoms with Gasteiger partial charge in [0.2, 0.25) is 0 Å². The maximum Gasteiger partial charge on any atom is 0.309 e. The summed E-state index contributed by atoms with van der Waals surface area (Å²) in [5.41, 5.74) is 1.20. The highest BCUT2D eigenvalue weighted by atomic mass is 16.4. The maximum atomic E-state index is 11.4. The van der Waals surface area contributed by atoms with Gasteiger partial charge in [-0.25, -0.2) is 0 Å². The molecule has 0 aliphatic carbocycles. The van der Waals surface area contributed by atoms with Crippen molar-refractivity contribution in [3.05, 3.63) is 23.8 Å². The number of carboxylic acid groups (broad SMARTS) is 1. The maximum absolute atomic E-state index is 11.4. The zero-order valence-electron chi connectivity index (χ0n) is 12.6. The van der Waals surface area contributed by atoms with E-state index in [0.717, 1.165) is 11.3 Å². The Hall–Kier alpha value is -1.71. The second-order valence-corrected chi connectivity index (χ2v) is 6.53. The number of hydrogen-bond acceptors (Lipinski definition) is 3. The molecule has 2 N–H and O–H groups in total. The van der Waals surface area contributed by atoms with Gasteiger partial charge in [0, 0.05) is 23.3 Å². The fourth-order valence-corrected chi connectivity index (χ4v) is 3.09. The number of rotatable bonds is 4. The van der Waals surface area contributed by atoms with Crippen molar-refractivity contribution >= 4 is 11.7 Å². The third-order valence-electron chi connectivity index (χ3n) is 4.12. The van der Waals surface area contributed by atoms with E-state index in [9.17, 15) is 15.0 Å². The summed E-state index contributed by atoms with van der Waals surface area (Å²) in [7, 11) is 0. The first-order chi connectivity index (χ1) is 9.24. The number of benzene rings is 1. The van der Waals surface area contributed by atoms with Crippen molar-refractivity contribution in [1.29, 1.82) is 0 Å². The van der Waals surface area contributed by atoms with Crippen LogP contribution in [0.4, 0.5) is 5.69 Å². The van der Waals surface area contributed by atoms with Crippen molar-refractivity contribution < 1.29 is 15.0 Å². The summed E-state index contributed by atoms with van der Waals surface area (Å²) in [5.74, 6) is -0.467. The Morgan fingerprint density at radius 3 is 2.65 bits per heavy atom. The van der Waals surface area contributed by atoms with Crippen molar-refractivity contribution in [2.24, 2.45) is 5.41 Å². The lowest BCUT2D eigenvalue weighted by atomic mass is 9.84. The number of phenolic OH excluding ortho intramolecular Hbond substituents is 1. The number of nitrogens with zero attached hydrogens (tertiary/aromatic N) is 1. The van der Waals surface area contributed by atoms with Gasteiger partial charge in [-0.2, -0.15) is 0 Å². The van der Waals surface area contributed by atoms with E-state index in [4.69, 9.17) is 0 Å². The Bertz CT molecular complexity index is 522. The lowest BCUT2D eigenvalue weighted by molar-refractivity contribution is -0.147. The smallest absolute Gasteiger partial charge is 0.309 e. The summed E-state index contributed by atoms with van der Waals surface area (Å²) in [5, 5.41) is 19.3. The summed E-state index contributed by atoms with van der Waals surface area (Å²) in [4.78, 5) is 13.6. The summed E-state index contributed by atoms with van der Waals surface area (Å²) in [6, 6.07) is 5.93. The van der Waals surface area contributed by atoms with Gasteiger partial charge in [-0.1, -0.05) is 6.07 Å². The van der Waals surface area contributed by atoms with Crippen LogP contribution >= 0.6 is 0 Å². The van der Waals surface area contributed by atoms with Gasteiger partial charge in [-0.3, -0.25) is 4.79 Å². The number of aromatic hydroxyl groups is 1. The molecular weight excluding hydrogens is 254 g/mol. The van der Waals surface area contributed by atoms with Gasteiger partial charge < -0.3 is 15.1 Å². The molecular formula is C16H23NO3. The van der Waals surface area contributed by atoms with Crippen LogP contribution in [0.2, 0.25) is 0 Å². The predicted molar refractivity (Wildman–Crippen MR) is 79.2 cm³/mol. The molecule has 0 aromatic heterocycles. The number of carbonyl (C=O) groups is 1. The van der Waals surface area contributed by atoms with Crippen LogP contribution in [0.25, 0.3) is 0 Å². The molecule has 0 radical (unpaired) electrons. The summed E-state index contributed by atoms with van der Waals surface area (Å²) in [6.45, 7) is 7.72. The number of hydrogen-bond donors (Lipinski definition) is 2. The van der Waals surface area contributed by atoms with Crippen LogP contribution < -0.4 is 4.90 Å². The fraction of sp³-hybridized carbons (Fsp3) is 0.562. The highest BCUT2D eigenvalue weighted by molar-refractivity contribution is 5.74. The van der Waals surface area contributed by atoms with Crippen molar-refractivity contribution in [2.75, 3.05) is 4.90 Å². The zero-order chi connectivity index (χ0) is 15.1. The van der Waals surface area contributed by atoms with Gasteiger partial charge >= 0.3 is 5.97 Å². The SMILES string of the molecule is CC(C)N1c2cccc(O)c2CC1CC(C)(C)C(=O)O. The van der Waals surface area contributed by atoms with E-state index >= 15 is 0 Å². The first-order valence-corrected chi connectivity index (χ1v) is 7.06. The van der Waals surface area contributed by atoms with Crippen molar-refractivity contribution in [3.8, 4) is 5.75 Å². The molecule has 0 saturated carbocycles. The second kappa shape index (κ2) is 5.00. The first kappa shape index (κ1) is 14.7. The number of fused-ring (bicyclic) bond motifs is 1. The van der Waals surface area contributed by atoms with E-state index in [0.29, 0.717) is 18.6 Å². The third kappa shape index (κ3) is 2.47. The molecule has 1 aromatic rings. The zero-order valence-corrected chi connectivity index (χ0v) is 12.6. The molecule has 2 rings (SSSR count). The standard InChI is InChI=1S/C16H23NO3/c1-10(2)17-11(9-16(3,4)15(19)20)8-12-13(17)6-5-7-14(12)18/h5-7,10-11,18H,8-9H2,1-4H3,(H,19,20). The Morgan fingerprint density at radius 2 is 2.10 bits per heavy atom. The largest absolute Gasteiger partial charge is 0.508 e. The van der Waals surface area contributed by atoms with Crippen LogP contribution in [-0.2, 0) is 11.2 Å². The Balaban J connectivity index is 2.33. The van der Waals surface area contributed by atoms with Crippen LogP contribution in [0.15, 0.2) is 18.2 Å². The molecule has 110 valence electrons. The molecule has 0 fully saturated rings. The number of carboxylic acids is 1. The van der Waals surface area contributed by atoms with Crippen LogP contribution in [0, 0.1) is 5.41 Å². The van der Waals surface area contributed by atoms with Gasteiger partial charge in [0.1, 0.15) is 5.75 Å². The minimum atomic E-state index is -0.776. The number of anilines is 1. The minimum absolute atomic E-state index is 0.115. The molecule has 0 bridgehead atoms. The van der Waals surface area contributed by atoms with Gasteiger partial charge in [0.25, 0.3) is 0 Å². The van der Waals surface area contributed by atoms with E-state index in [1.807, 2.05) is 12.1 Å². The van der Waals surface area contributed by atoms with Crippen molar-refractivity contribution in [1.82, 2.24) is 0 Å². The average Bonchev–Trinajstić information content (AvgIpc) is 2.67. The topological polar surface area (TPSA) is 60.8 Å². The normalized spacial score (nSPS) is 18.4. The monoisotopic (exact) mass is 277 g/mol. The summed E-state index contributed by atoms with van der Waals surface area (Å²) < 4.78 is 0. The summed E-state index contributed by atoms with van der Waals surface area (Å²) >= 11 is 0. The number of aliphatic carboxylic acids is 1. The van der Waals surface area contributed by atoms with E-state index in [2.05, 4.69) is 18.7 Å². The molecule has 20 heavy (non-hydrogen) atoms. The van der Waals surface area contributed by atoms with Gasteiger partial charge in [0.05, 0.1) is 5.41 Å². The minimum Gasteiger partial charge on any atom is -0.508 e. The Morgan fingerprint density at radius 1 is 1.45 bits per heavy atom. The van der Waals surface area contributed by atoms with Crippen LogP contribution in [0.5, 0.6) is 5.75 Å². The highest BCUT2D eigenvalue weighted by Crippen LogP contribution is 2.42. The van der Waals surface area contributed by atoms with Crippen LogP contribution in [0.1, 0.15) is 39.7 Å². The first-order valence-electron chi connectivity index (χ1n) is 7.06. The Kier molecular flexibility index (Phi) is 3.67.